The normalized spacial score (nSPS) is 11.8. The lowest BCUT2D eigenvalue weighted by Gasteiger charge is -2.21. The minimum atomic E-state index is -4.02. The predicted molar refractivity (Wildman–Crippen MR) is 126 cm³/mol. The number of halogens is 1. The van der Waals surface area contributed by atoms with Gasteiger partial charge in [-0.05, 0) is 58.0 Å². The highest BCUT2D eigenvalue weighted by atomic mass is 79.9. The molecule has 0 aromatic heterocycles. The quantitative estimate of drug-likeness (QED) is 0.438. The molecule has 0 spiro atoms. The van der Waals surface area contributed by atoms with E-state index >= 15 is 0 Å². The maximum atomic E-state index is 12.8. The maximum Gasteiger partial charge on any atom is 0.333 e. The van der Waals surface area contributed by atoms with Crippen molar-refractivity contribution in [1.29, 1.82) is 0 Å². The number of urea groups is 1. The van der Waals surface area contributed by atoms with E-state index in [9.17, 15) is 13.2 Å². The summed E-state index contributed by atoms with van der Waals surface area (Å²) in [6.45, 7) is 8.11. The van der Waals surface area contributed by atoms with Crippen molar-refractivity contribution in [1.82, 2.24) is 4.72 Å². The fourth-order valence-electron chi connectivity index (χ4n) is 3.36. The summed E-state index contributed by atoms with van der Waals surface area (Å²) in [4.78, 5) is 12.7. The lowest BCUT2D eigenvalue weighted by Crippen LogP contribution is -2.35. The molecule has 0 bridgehead atoms. The van der Waals surface area contributed by atoms with Crippen LogP contribution in [0.4, 0.5) is 10.5 Å². The number of amides is 2. The first-order valence-electron chi connectivity index (χ1n) is 9.74. The van der Waals surface area contributed by atoms with Gasteiger partial charge in [0.05, 0.1) is 4.90 Å². The molecule has 0 unspecified atom stereocenters. The van der Waals surface area contributed by atoms with E-state index in [0.29, 0.717) is 5.69 Å². The Balaban J connectivity index is 1.91. The van der Waals surface area contributed by atoms with Crippen molar-refractivity contribution < 1.29 is 13.2 Å². The van der Waals surface area contributed by atoms with Crippen LogP contribution in [0.25, 0.3) is 10.8 Å². The van der Waals surface area contributed by atoms with E-state index in [0.717, 1.165) is 26.4 Å². The van der Waals surface area contributed by atoms with Gasteiger partial charge in [-0.15, -0.1) is 0 Å². The third-order valence-electron chi connectivity index (χ3n) is 4.90. The number of fused-ring (bicyclic) bond motifs is 1. The second-order valence-corrected chi connectivity index (χ2v) is 10.4. The average molecular weight is 489 g/mol. The summed E-state index contributed by atoms with van der Waals surface area (Å²) in [7, 11) is -4.02. The summed E-state index contributed by atoms with van der Waals surface area (Å²) in [5.74, 6) is 0.291. The van der Waals surface area contributed by atoms with E-state index in [1.165, 1.54) is 6.07 Å². The minimum absolute atomic E-state index is 0.0420. The molecule has 7 heteroatoms. The molecule has 0 aliphatic rings. The number of benzene rings is 3. The van der Waals surface area contributed by atoms with Crippen LogP contribution in [0.2, 0.25) is 0 Å². The molecule has 0 atom stereocenters. The summed E-state index contributed by atoms with van der Waals surface area (Å²) >= 11 is 3.52. The molecule has 3 aromatic carbocycles. The molecule has 2 N–H and O–H groups in total. The number of rotatable bonds is 5. The highest BCUT2D eigenvalue weighted by Gasteiger charge is 2.22. The Labute approximate surface area is 186 Å². The van der Waals surface area contributed by atoms with Crippen molar-refractivity contribution in [3.8, 4) is 0 Å². The molecule has 30 heavy (non-hydrogen) atoms. The third kappa shape index (κ3) is 4.84. The first-order chi connectivity index (χ1) is 14.1. The molecule has 0 aliphatic heterocycles. The first-order valence-corrected chi connectivity index (χ1v) is 12.0. The molecule has 0 heterocycles. The standard InChI is InChI=1S/C23H25BrN2O3S/c1-14(2)20-12-18(24)13-21(15(3)4)22(20)25-23(27)26-30(28,29)19-10-9-16-7-5-6-8-17(16)11-19/h5-15H,1-4H3,(H2,25,26,27). The summed E-state index contributed by atoms with van der Waals surface area (Å²) in [5, 5.41) is 4.50. The Bertz CT molecular complexity index is 1180. The molecule has 0 saturated carbocycles. The zero-order valence-corrected chi connectivity index (χ0v) is 19.8. The highest BCUT2D eigenvalue weighted by molar-refractivity contribution is 9.10. The Kier molecular flexibility index (Phi) is 6.53. The molecule has 0 saturated heterocycles. The van der Waals surface area contributed by atoms with Gasteiger partial charge in [-0.1, -0.05) is 74.0 Å². The van der Waals surface area contributed by atoms with Gasteiger partial charge in [-0.2, -0.15) is 0 Å². The van der Waals surface area contributed by atoms with Crippen LogP contribution in [0.1, 0.15) is 50.7 Å². The lowest BCUT2D eigenvalue weighted by atomic mass is 9.93. The summed E-state index contributed by atoms with van der Waals surface area (Å²) in [6.07, 6.45) is 0. The van der Waals surface area contributed by atoms with Crippen molar-refractivity contribution in [2.45, 2.75) is 44.4 Å². The third-order valence-corrected chi connectivity index (χ3v) is 6.69. The molecule has 2 amide bonds. The van der Waals surface area contributed by atoms with E-state index in [1.54, 1.807) is 12.1 Å². The topological polar surface area (TPSA) is 75.3 Å². The van der Waals surface area contributed by atoms with Gasteiger partial charge in [0.25, 0.3) is 10.0 Å². The van der Waals surface area contributed by atoms with Crippen molar-refractivity contribution in [3.63, 3.8) is 0 Å². The number of sulfonamides is 1. The van der Waals surface area contributed by atoms with Crippen LogP contribution < -0.4 is 10.0 Å². The van der Waals surface area contributed by atoms with E-state index in [-0.39, 0.29) is 16.7 Å². The van der Waals surface area contributed by atoms with E-state index in [4.69, 9.17) is 0 Å². The van der Waals surface area contributed by atoms with Gasteiger partial charge in [0, 0.05) is 10.2 Å². The number of carbonyl (C=O) groups is 1. The molecule has 158 valence electrons. The summed E-state index contributed by atoms with van der Waals surface area (Å²) < 4.78 is 28.6. The minimum Gasteiger partial charge on any atom is -0.307 e. The van der Waals surface area contributed by atoms with Crippen LogP contribution in [-0.4, -0.2) is 14.4 Å². The molecule has 3 rings (SSSR count). The Morgan fingerprint density at radius 3 is 2.00 bits per heavy atom. The Morgan fingerprint density at radius 1 is 0.867 bits per heavy atom. The molecule has 5 nitrogen and oxygen atoms in total. The first kappa shape index (κ1) is 22.3. The second-order valence-electron chi connectivity index (χ2n) is 7.84. The zero-order valence-electron chi connectivity index (χ0n) is 17.4. The molecule has 0 aliphatic carbocycles. The maximum absolute atomic E-state index is 12.8. The van der Waals surface area contributed by atoms with Gasteiger partial charge in [0.1, 0.15) is 0 Å². The second kappa shape index (κ2) is 8.78. The van der Waals surface area contributed by atoms with E-state index in [2.05, 4.69) is 26.0 Å². The Hall–Kier alpha value is -2.38. The van der Waals surface area contributed by atoms with Crippen molar-refractivity contribution in [2.24, 2.45) is 0 Å². The van der Waals surface area contributed by atoms with Crippen LogP contribution in [0, 0.1) is 0 Å². The SMILES string of the molecule is CC(C)c1cc(Br)cc(C(C)C)c1NC(=O)NS(=O)(=O)c1ccc2ccccc2c1. The van der Waals surface area contributed by atoms with Crippen molar-refractivity contribution >= 4 is 48.4 Å². The van der Waals surface area contributed by atoms with E-state index in [1.807, 2.05) is 64.1 Å². The van der Waals surface area contributed by atoms with Crippen LogP contribution >= 0.6 is 15.9 Å². The van der Waals surface area contributed by atoms with Gasteiger partial charge in [-0.25, -0.2) is 17.9 Å². The van der Waals surface area contributed by atoms with Crippen LogP contribution in [-0.2, 0) is 10.0 Å². The molecular weight excluding hydrogens is 464 g/mol. The predicted octanol–water partition coefficient (Wildman–Crippen LogP) is 6.36. The summed E-state index contributed by atoms with van der Waals surface area (Å²) in [6, 6.07) is 15.4. The van der Waals surface area contributed by atoms with Gasteiger partial charge in [-0.3, -0.25) is 0 Å². The number of carbonyl (C=O) groups excluding carboxylic acids is 1. The lowest BCUT2D eigenvalue weighted by molar-refractivity contribution is 0.256. The fraction of sp³-hybridized carbons (Fsp3) is 0.261. The average Bonchev–Trinajstić information content (AvgIpc) is 2.67. The summed E-state index contributed by atoms with van der Waals surface area (Å²) in [5.41, 5.74) is 2.52. The van der Waals surface area contributed by atoms with Gasteiger partial charge in [0.2, 0.25) is 0 Å². The largest absolute Gasteiger partial charge is 0.333 e. The number of nitrogens with one attached hydrogen (secondary N) is 2. The van der Waals surface area contributed by atoms with Crippen molar-refractivity contribution in [2.75, 3.05) is 5.32 Å². The zero-order chi connectivity index (χ0) is 22.1. The fourth-order valence-corrected chi connectivity index (χ4v) is 4.79. The molecular formula is C23H25BrN2O3S. The van der Waals surface area contributed by atoms with Crippen LogP contribution in [0.15, 0.2) is 64.0 Å². The number of anilines is 1. The number of hydrogen-bond acceptors (Lipinski definition) is 3. The molecule has 3 aromatic rings. The molecule has 0 radical (unpaired) electrons. The van der Waals surface area contributed by atoms with Gasteiger partial charge in [0.15, 0.2) is 0 Å². The highest BCUT2D eigenvalue weighted by Crippen LogP contribution is 2.35. The smallest absolute Gasteiger partial charge is 0.307 e. The van der Waals surface area contributed by atoms with Gasteiger partial charge < -0.3 is 5.32 Å². The number of hydrogen-bond donors (Lipinski definition) is 2. The van der Waals surface area contributed by atoms with Gasteiger partial charge >= 0.3 is 6.03 Å². The molecule has 0 fully saturated rings. The van der Waals surface area contributed by atoms with E-state index < -0.39 is 16.1 Å². The van der Waals surface area contributed by atoms with Crippen molar-refractivity contribution in [3.05, 3.63) is 70.2 Å². The van der Waals surface area contributed by atoms with Crippen LogP contribution in [0.3, 0.4) is 0 Å². The Morgan fingerprint density at radius 2 is 1.43 bits per heavy atom. The monoisotopic (exact) mass is 488 g/mol. The van der Waals surface area contributed by atoms with Crippen LogP contribution in [0.5, 0.6) is 0 Å².